The first kappa shape index (κ1) is 12.2. The number of ether oxygens (including phenoxy) is 2. The van der Waals surface area contributed by atoms with Gasteiger partial charge in [0.25, 0.3) is 0 Å². The van der Waals surface area contributed by atoms with Crippen LogP contribution in [0.4, 0.5) is 0 Å². The lowest BCUT2D eigenvalue weighted by molar-refractivity contribution is 0.296. The highest BCUT2D eigenvalue weighted by Gasteiger charge is 2.31. The van der Waals surface area contributed by atoms with E-state index in [0.29, 0.717) is 5.25 Å². The molecule has 0 aliphatic carbocycles. The van der Waals surface area contributed by atoms with Gasteiger partial charge >= 0.3 is 0 Å². The highest BCUT2D eigenvalue weighted by molar-refractivity contribution is 8.00. The normalized spacial score (nSPS) is 25.7. The van der Waals surface area contributed by atoms with Crippen molar-refractivity contribution in [1.82, 2.24) is 0 Å². The Balaban J connectivity index is 1.93. The summed E-state index contributed by atoms with van der Waals surface area (Å²) >= 11 is 1.89. The summed E-state index contributed by atoms with van der Waals surface area (Å²) in [7, 11) is 0. The molecule has 3 nitrogen and oxygen atoms in total. The van der Waals surface area contributed by atoms with Crippen molar-refractivity contribution >= 4 is 11.8 Å². The fraction of sp³-hybridized carbons (Fsp3) is 0.571. The Morgan fingerprint density at radius 2 is 2.00 bits per heavy atom. The number of benzene rings is 1. The summed E-state index contributed by atoms with van der Waals surface area (Å²) in [4.78, 5) is 1.27. The van der Waals surface area contributed by atoms with Crippen LogP contribution in [0.2, 0.25) is 0 Å². The molecule has 98 valence electrons. The minimum atomic E-state index is 0.127. The van der Waals surface area contributed by atoms with E-state index in [0.717, 1.165) is 37.6 Å². The number of hydrogen-bond donors (Lipinski definition) is 1. The highest BCUT2D eigenvalue weighted by Crippen LogP contribution is 2.49. The van der Waals surface area contributed by atoms with Crippen LogP contribution in [0.1, 0.15) is 37.8 Å². The SMILES string of the molecule is CCCC1Sc2cc3c(cc2C1N)OCCCO3. The third-order valence-corrected chi connectivity index (χ3v) is 4.93. The predicted molar refractivity (Wildman–Crippen MR) is 73.5 cm³/mol. The largest absolute Gasteiger partial charge is 0.490 e. The maximum atomic E-state index is 6.33. The Kier molecular flexibility index (Phi) is 3.39. The standard InChI is InChI=1S/C14H19NO2S/c1-2-4-12-14(15)9-7-10-11(8-13(9)18-12)17-6-3-5-16-10/h7-8,12,14H,2-6,15H2,1H3. The lowest BCUT2D eigenvalue weighted by Gasteiger charge is -2.14. The van der Waals surface area contributed by atoms with Crippen LogP contribution in [-0.2, 0) is 0 Å². The first-order valence-electron chi connectivity index (χ1n) is 6.65. The summed E-state index contributed by atoms with van der Waals surface area (Å²) in [5, 5.41) is 0.496. The molecule has 18 heavy (non-hydrogen) atoms. The van der Waals surface area contributed by atoms with Gasteiger partial charge in [-0.25, -0.2) is 0 Å². The molecule has 2 atom stereocenters. The van der Waals surface area contributed by atoms with Gasteiger partial charge in [-0.05, 0) is 24.1 Å². The van der Waals surface area contributed by atoms with Gasteiger partial charge in [0.2, 0.25) is 0 Å². The molecule has 1 aromatic rings. The van der Waals surface area contributed by atoms with Crippen LogP contribution in [0.25, 0.3) is 0 Å². The molecule has 0 aromatic heterocycles. The van der Waals surface area contributed by atoms with Crippen molar-refractivity contribution in [2.45, 2.75) is 42.4 Å². The maximum Gasteiger partial charge on any atom is 0.162 e. The molecule has 2 N–H and O–H groups in total. The molecule has 0 saturated heterocycles. The average Bonchev–Trinajstić information content (AvgIpc) is 2.55. The Bertz CT molecular complexity index is 450. The average molecular weight is 265 g/mol. The summed E-state index contributed by atoms with van der Waals surface area (Å²) in [6.07, 6.45) is 3.27. The zero-order valence-electron chi connectivity index (χ0n) is 10.6. The van der Waals surface area contributed by atoms with Gasteiger partial charge in [0.15, 0.2) is 11.5 Å². The van der Waals surface area contributed by atoms with Crippen molar-refractivity contribution in [2.75, 3.05) is 13.2 Å². The summed E-state index contributed by atoms with van der Waals surface area (Å²) in [5.74, 6) is 1.74. The quantitative estimate of drug-likeness (QED) is 0.892. The van der Waals surface area contributed by atoms with Gasteiger partial charge in [0, 0.05) is 22.6 Å². The molecular formula is C14H19NO2S. The third kappa shape index (κ3) is 2.08. The van der Waals surface area contributed by atoms with E-state index in [4.69, 9.17) is 15.2 Å². The van der Waals surface area contributed by atoms with Crippen LogP contribution in [0.15, 0.2) is 17.0 Å². The Labute approximate surface area is 112 Å². The summed E-state index contributed by atoms with van der Waals surface area (Å²) in [6.45, 7) is 3.67. The van der Waals surface area contributed by atoms with E-state index in [1.807, 2.05) is 11.8 Å². The smallest absolute Gasteiger partial charge is 0.162 e. The fourth-order valence-electron chi connectivity index (χ4n) is 2.53. The molecule has 2 heterocycles. The molecule has 2 aliphatic heterocycles. The van der Waals surface area contributed by atoms with Crippen LogP contribution in [0.5, 0.6) is 11.5 Å². The second kappa shape index (κ2) is 5.02. The van der Waals surface area contributed by atoms with Gasteiger partial charge in [-0.15, -0.1) is 11.8 Å². The lowest BCUT2D eigenvalue weighted by Crippen LogP contribution is -2.18. The van der Waals surface area contributed by atoms with Crippen molar-refractivity contribution in [3.05, 3.63) is 17.7 Å². The van der Waals surface area contributed by atoms with Crippen LogP contribution in [-0.4, -0.2) is 18.5 Å². The Morgan fingerprint density at radius 1 is 1.28 bits per heavy atom. The summed E-state index contributed by atoms with van der Waals surface area (Å²) < 4.78 is 11.5. The molecule has 3 rings (SSSR count). The Hall–Kier alpha value is -0.870. The van der Waals surface area contributed by atoms with E-state index < -0.39 is 0 Å². The Morgan fingerprint density at radius 3 is 2.72 bits per heavy atom. The summed E-state index contributed by atoms with van der Waals surface area (Å²) in [5.41, 5.74) is 7.56. The van der Waals surface area contributed by atoms with Gasteiger partial charge < -0.3 is 15.2 Å². The van der Waals surface area contributed by atoms with E-state index in [1.165, 1.54) is 16.9 Å². The van der Waals surface area contributed by atoms with Crippen molar-refractivity contribution in [2.24, 2.45) is 5.73 Å². The monoisotopic (exact) mass is 265 g/mol. The van der Waals surface area contributed by atoms with Crippen LogP contribution >= 0.6 is 11.8 Å². The minimum absolute atomic E-state index is 0.127. The number of nitrogens with two attached hydrogens (primary N) is 1. The van der Waals surface area contributed by atoms with E-state index in [-0.39, 0.29) is 6.04 Å². The second-order valence-corrected chi connectivity index (χ2v) is 6.14. The predicted octanol–water partition coefficient (Wildman–Crippen LogP) is 3.12. The molecule has 0 bridgehead atoms. The van der Waals surface area contributed by atoms with Crippen molar-refractivity contribution in [1.29, 1.82) is 0 Å². The molecule has 2 aliphatic rings. The third-order valence-electron chi connectivity index (χ3n) is 3.49. The molecular weight excluding hydrogens is 246 g/mol. The van der Waals surface area contributed by atoms with Gasteiger partial charge in [0.1, 0.15) is 0 Å². The van der Waals surface area contributed by atoms with Gasteiger partial charge in [-0.1, -0.05) is 13.3 Å². The van der Waals surface area contributed by atoms with E-state index in [9.17, 15) is 0 Å². The van der Waals surface area contributed by atoms with Crippen molar-refractivity contribution in [3.8, 4) is 11.5 Å². The van der Waals surface area contributed by atoms with Crippen molar-refractivity contribution in [3.63, 3.8) is 0 Å². The first-order chi connectivity index (χ1) is 8.79. The number of thioether (sulfide) groups is 1. The molecule has 2 unspecified atom stereocenters. The second-order valence-electron chi connectivity index (χ2n) is 4.86. The maximum absolute atomic E-state index is 6.33. The molecule has 4 heteroatoms. The number of rotatable bonds is 2. The topological polar surface area (TPSA) is 44.5 Å². The molecule has 1 aromatic carbocycles. The minimum Gasteiger partial charge on any atom is -0.490 e. The molecule has 0 amide bonds. The first-order valence-corrected chi connectivity index (χ1v) is 7.53. The van der Waals surface area contributed by atoms with E-state index in [2.05, 4.69) is 19.1 Å². The highest BCUT2D eigenvalue weighted by atomic mass is 32.2. The zero-order valence-corrected chi connectivity index (χ0v) is 11.5. The van der Waals surface area contributed by atoms with Crippen LogP contribution < -0.4 is 15.2 Å². The van der Waals surface area contributed by atoms with Gasteiger partial charge in [0.05, 0.1) is 13.2 Å². The lowest BCUT2D eigenvalue weighted by atomic mass is 10.0. The van der Waals surface area contributed by atoms with E-state index >= 15 is 0 Å². The molecule has 0 saturated carbocycles. The van der Waals surface area contributed by atoms with Gasteiger partial charge in [-0.2, -0.15) is 0 Å². The molecule has 0 spiro atoms. The van der Waals surface area contributed by atoms with Crippen LogP contribution in [0, 0.1) is 0 Å². The van der Waals surface area contributed by atoms with Crippen molar-refractivity contribution < 1.29 is 9.47 Å². The van der Waals surface area contributed by atoms with E-state index in [1.54, 1.807) is 0 Å². The van der Waals surface area contributed by atoms with Gasteiger partial charge in [-0.3, -0.25) is 0 Å². The molecule has 0 fully saturated rings. The number of hydrogen-bond acceptors (Lipinski definition) is 4. The zero-order chi connectivity index (χ0) is 12.5. The fourth-order valence-corrected chi connectivity index (χ4v) is 4.01. The summed E-state index contributed by atoms with van der Waals surface area (Å²) in [6, 6.07) is 4.32. The number of fused-ring (bicyclic) bond motifs is 2. The van der Waals surface area contributed by atoms with Crippen LogP contribution in [0.3, 0.4) is 0 Å². The molecule has 0 radical (unpaired) electrons.